The number of fused-ring (bicyclic) bond motifs is 1. The van der Waals surface area contributed by atoms with Gasteiger partial charge in [-0.05, 0) is 35.2 Å². The fraction of sp³-hybridized carbons (Fsp3) is 0.286. The van der Waals surface area contributed by atoms with Crippen LogP contribution in [0.15, 0.2) is 48.5 Å². The first kappa shape index (κ1) is 19.4. The highest BCUT2D eigenvalue weighted by molar-refractivity contribution is 5.87. The van der Waals surface area contributed by atoms with E-state index >= 15 is 0 Å². The molecular formula is C21H23N3O4. The molecule has 0 unspecified atom stereocenters. The second-order valence-corrected chi connectivity index (χ2v) is 6.73. The van der Waals surface area contributed by atoms with E-state index in [1.165, 1.54) is 23.3 Å². The number of carboxylic acid groups (broad SMARTS) is 1. The number of carbonyl (C=O) groups is 3. The largest absolute Gasteiger partial charge is 0.478 e. The lowest BCUT2D eigenvalue weighted by Gasteiger charge is -2.15. The predicted octanol–water partition coefficient (Wildman–Crippen LogP) is 2.51. The normalized spacial score (nSPS) is 12.4. The number of nitrogens with one attached hydrogen (secondary N) is 2. The fourth-order valence-corrected chi connectivity index (χ4v) is 3.12. The topological polar surface area (TPSA) is 98.7 Å². The van der Waals surface area contributed by atoms with E-state index in [4.69, 9.17) is 5.11 Å². The van der Waals surface area contributed by atoms with Gasteiger partial charge in [0.2, 0.25) is 5.91 Å². The number of aromatic carboxylic acids is 1. The van der Waals surface area contributed by atoms with Gasteiger partial charge in [-0.15, -0.1) is 0 Å². The predicted molar refractivity (Wildman–Crippen MR) is 104 cm³/mol. The molecule has 3 N–H and O–H groups in total. The van der Waals surface area contributed by atoms with Crippen molar-refractivity contribution in [2.45, 2.75) is 32.5 Å². The molecule has 7 nitrogen and oxygen atoms in total. The lowest BCUT2D eigenvalue weighted by Crippen LogP contribution is -2.36. The van der Waals surface area contributed by atoms with Crippen LogP contribution in [0.1, 0.15) is 39.9 Å². The van der Waals surface area contributed by atoms with Crippen LogP contribution in [-0.2, 0) is 24.4 Å². The minimum Gasteiger partial charge on any atom is -0.478 e. The first-order chi connectivity index (χ1) is 13.5. The molecule has 0 aromatic heterocycles. The Morgan fingerprint density at radius 2 is 1.57 bits per heavy atom. The minimum atomic E-state index is -0.982. The molecular weight excluding hydrogens is 358 g/mol. The molecule has 2 aromatic rings. The second-order valence-electron chi connectivity index (χ2n) is 6.73. The standard InChI is InChI=1S/C21H23N3O4/c25-19(24-13-17-4-1-2-5-18(17)14-24)6-3-11-22-21(28)23-12-15-7-9-16(10-8-15)20(26)27/h1-2,4-5,7-10H,3,6,11-14H2,(H,26,27)(H2,22,23,28). The van der Waals surface area contributed by atoms with Crippen molar-refractivity contribution in [1.82, 2.24) is 15.5 Å². The van der Waals surface area contributed by atoms with Crippen LogP contribution in [0.5, 0.6) is 0 Å². The van der Waals surface area contributed by atoms with Crippen molar-refractivity contribution in [2.24, 2.45) is 0 Å². The van der Waals surface area contributed by atoms with Gasteiger partial charge in [0.05, 0.1) is 5.56 Å². The summed E-state index contributed by atoms with van der Waals surface area (Å²) in [7, 11) is 0. The number of carbonyl (C=O) groups excluding carboxylic acids is 2. The molecule has 3 rings (SSSR count). The third kappa shape index (κ3) is 5.09. The molecule has 0 aliphatic carbocycles. The molecule has 0 atom stereocenters. The summed E-state index contributed by atoms with van der Waals surface area (Å²) in [5.41, 5.74) is 3.41. The van der Waals surface area contributed by atoms with E-state index in [9.17, 15) is 14.4 Å². The number of hydrogen-bond donors (Lipinski definition) is 3. The molecule has 0 saturated carbocycles. The molecule has 0 saturated heterocycles. The summed E-state index contributed by atoms with van der Waals surface area (Å²) < 4.78 is 0. The number of benzene rings is 2. The molecule has 3 amide bonds. The van der Waals surface area contributed by atoms with Gasteiger partial charge < -0.3 is 20.6 Å². The molecule has 1 heterocycles. The van der Waals surface area contributed by atoms with Crippen molar-refractivity contribution < 1.29 is 19.5 Å². The third-order valence-corrected chi connectivity index (χ3v) is 4.70. The van der Waals surface area contributed by atoms with E-state index in [-0.39, 0.29) is 17.5 Å². The highest BCUT2D eigenvalue weighted by Crippen LogP contribution is 2.22. The Labute approximate surface area is 163 Å². The number of urea groups is 1. The van der Waals surface area contributed by atoms with Gasteiger partial charge in [-0.1, -0.05) is 36.4 Å². The molecule has 0 spiro atoms. The molecule has 2 aromatic carbocycles. The Hall–Kier alpha value is -3.35. The van der Waals surface area contributed by atoms with Crippen molar-refractivity contribution in [3.63, 3.8) is 0 Å². The number of amides is 3. The van der Waals surface area contributed by atoms with Gasteiger partial charge in [0.15, 0.2) is 0 Å². The summed E-state index contributed by atoms with van der Waals surface area (Å²) in [6, 6.07) is 14.1. The van der Waals surface area contributed by atoms with Gasteiger partial charge in [0.1, 0.15) is 0 Å². The van der Waals surface area contributed by atoms with Crippen LogP contribution in [0.4, 0.5) is 4.79 Å². The molecule has 0 radical (unpaired) electrons. The number of nitrogens with zero attached hydrogens (tertiary/aromatic N) is 1. The van der Waals surface area contributed by atoms with Crippen molar-refractivity contribution in [3.05, 3.63) is 70.8 Å². The Morgan fingerprint density at radius 1 is 0.929 bits per heavy atom. The smallest absolute Gasteiger partial charge is 0.335 e. The molecule has 7 heteroatoms. The summed E-state index contributed by atoms with van der Waals surface area (Å²) in [6.45, 7) is 2.03. The molecule has 1 aliphatic heterocycles. The fourth-order valence-electron chi connectivity index (χ4n) is 3.12. The first-order valence-corrected chi connectivity index (χ1v) is 9.21. The van der Waals surface area contributed by atoms with Crippen LogP contribution in [0.3, 0.4) is 0 Å². The number of hydrogen-bond acceptors (Lipinski definition) is 3. The summed E-state index contributed by atoms with van der Waals surface area (Å²) in [5.74, 6) is -0.887. The van der Waals surface area contributed by atoms with Crippen LogP contribution in [0, 0.1) is 0 Å². The van der Waals surface area contributed by atoms with Crippen molar-refractivity contribution >= 4 is 17.9 Å². The van der Waals surface area contributed by atoms with Crippen LogP contribution in [0.2, 0.25) is 0 Å². The van der Waals surface area contributed by atoms with Gasteiger partial charge >= 0.3 is 12.0 Å². The maximum atomic E-state index is 12.3. The highest BCUT2D eigenvalue weighted by Gasteiger charge is 2.22. The van der Waals surface area contributed by atoms with Gasteiger partial charge in [0.25, 0.3) is 0 Å². The lowest BCUT2D eigenvalue weighted by molar-refractivity contribution is -0.131. The summed E-state index contributed by atoms with van der Waals surface area (Å²) in [5, 5.41) is 14.3. The Kier molecular flexibility index (Phi) is 6.26. The Bertz CT molecular complexity index is 839. The SMILES string of the molecule is O=C(NCCCC(=O)N1Cc2ccccc2C1)NCc1ccc(C(=O)O)cc1. The zero-order valence-corrected chi connectivity index (χ0v) is 15.5. The van der Waals surface area contributed by atoms with Gasteiger partial charge in [-0.3, -0.25) is 4.79 Å². The van der Waals surface area contributed by atoms with Crippen molar-refractivity contribution in [1.29, 1.82) is 0 Å². The molecule has 1 aliphatic rings. The Balaban J connectivity index is 1.31. The molecule has 28 heavy (non-hydrogen) atoms. The van der Waals surface area contributed by atoms with Crippen molar-refractivity contribution in [2.75, 3.05) is 6.54 Å². The maximum Gasteiger partial charge on any atom is 0.335 e. The van der Waals surface area contributed by atoms with Crippen LogP contribution in [-0.4, -0.2) is 34.5 Å². The minimum absolute atomic E-state index is 0.0944. The van der Waals surface area contributed by atoms with Gasteiger partial charge in [-0.2, -0.15) is 0 Å². The molecule has 0 bridgehead atoms. The summed E-state index contributed by atoms with van der Waals surface area (Å²) >= 11 is 0. The average molecular weight is 381 g/mol. The monoisotopic (exact) mass is 381 g/mol. The van der Waals surface area contributed by atoms with Crippen LogP contribution in [0.25, 0.3) is 0 Å². The summed E-state index contributed by atoms with van der Waals surface area (Å²) in [6.07, 6.45) is 0.970. The zero-order valence-electron chi connectivity index (χ0n) is 15.5. The second kappa shape index (κ2) is 9.03. The molecule has 0 fully saturated rings. The van der Waals surface area contributed by atoms with Crippen LogP contribution < -0.4 is 10.6 Å². The number of rotatable bonds is 7. The summed E-state index contributed by atoms with van der Waals surface area (Å²) in [4.78, 5) is 36.8. The van der Waals surface area contributed by atoms with E-state index in [0.717, 1.165) is 5.56 Å². The van der Waals surface area contributed by atoms with E-state index in [2.05, 4.69) is 10.6 Å². The first-order valence-electron chi connectivity index (χ1n) is 9.21. The average Bonchev–Trinajstić information content (AvgIpc) is 3.14. The van der Waals surface area contributed by atoms with E-state index < -0.39 is 5.97 Å². The number of carboxylic acids is 1. The maximum absolute atomic E-state index is 12.3. The quantitative estimate of drug-likeness (QED) is 0.642. The molecule has 146 valence electrons. The van der Waals surface area contributed by atoms with Crippen molar-refractivity contribution in [3.8, 4) is 0 Å². The zero-order chi connectivity index (χ0) is 19.9. The lowest BCUT2D eigenvalue weighted by atomic mass is 10.1. The third-order valence-electron chi connectivity index (χ3n) is 4.70. The Morgan fingerprint density at radius 3 is 2.18 bits per heavy atom. The van der Waals surface area contributed by atoms with E-state index in [1.54, 1.807) is 12.1 Å². The van der Waals surface area contributed by atoms with E-state index in [1.807, 2.05) is 29.2 Å². The highest BCUT2D eigenvalue weighted by atomic mass is 16.4. The van der Waals surface area contributed by atoms with Crippen LogP contribution >= 0.6 is 0 Å². The van der Waals surface area contributed by atoms with Gasteiger partial charge in [-0.25, -0.2) is 9.59 Å². The van der Waals surface area contributed by atoms with Gasteiger partial charge in [0, 0.05) is 32.6 Å². The van der Waals surface area contributed by atoms with E-state index in [0.29, 0.717) is 39.0 Å².